The van der Waals surface area contributed by atoms with Gasteiger partial charge in [-0.15, -0.1) is 0 Å². The van der Waals surface area contributed by atoms with Gasteiger partial charge in [0.2, 0.25) is 0 Å². The molecule has 2 aromatic heterocycles. The van der Waals surface area contributed by atoms with Gasteiger partial charge < -0.3 is 15.0 Å². The number of carbonyl (C=O) groups is 1. The molecule has 1 amide bonds. The maximum atomic E-state index is 13.1. The van der Waals surface area contributed by atoms with Crippen LogP contribution in [0.15, 0.2) is 77.7 Å². The number of ether oxygens (including phenoxy) is 1. The molecule has 0 aliphatic carbocycles. The van der Waals surface area contributed by atoms with Crippen molar-refractivity contribution >= 4 is 39.7 Å². The fourth-order valence-electron chi connectivity index (χ4n) is 3.45. The fourth-order valence-corrected chi connectivity index (χ4v) is 3.63. The lowest BCUT2D eigenvalue weighted by atomic mass is 10.2. The molecule has 0 bridgehead atoms. The number of carbonyl (C=O) groups excluding carboxylic acids is 1. The monoisotopic (exact) mass is 444 g/mol. The molecule has 0 saturated carbocycles. The second-order valence-corrected chi connectivity index (χ2v) is 7.74. The van der Waals surface area contributed by atoms with E-state index in [0.717, 1.165) is 5.56 Å². The molecule has 0 saturated heterocycles. The van der Waals surface area contributed by atoms with Crippen LogP contribution < -0.4 is 15.6 Å². The number of fused-ring (bicyclic) bond motifs is 3. The van der Waals surface area contributed by atoms with Gasteiger partial charge in [0, 0.05) is 5.02 Å². The Kier molecular flexibility index (Phi) is 4.88. The van der Waals surface area contributed by atoms with Gasteiger partial charge in [0.05, 0.1) is 22.8 Å². The van der Waals surface area contributed by atoms with Crippen LogP contribution in [-0.2, 0) is 0 Å². The lowest BCUT2D eigenvalue weighted by Crippen LogP contribution is -2.15. The number of para-hydroxylation sites is 1. The minimum Gasteiger partial charge on any atom is -0.455 e. The largest absolute Gasteiger partial charge is 0.455 e. The molecule has 32 heavy (non-hydrogen) atoms. The van der Waals surface area contributed by atoms with Crippen molar-refractivity contribution < 1.29 is 9.53 Å². The van der Waals surface area contributed by atoms with Crippen molar-refractivity contribution in [2.45, 2.75) is 6.92 Å². The average Bonchev–Trinajstić information content (AvgIpc) is 3.21. The van der Waals surface area contributed by atoms with Crippen LogP contribution in [0, 0.1) is 6.92 Å². The predicted molar refractivity (Wildman–Crippen MR) is 124 cm³/mol. The molecule has 0 aliphatic heterocycles. The third-order valence-corrected chi connectivity index (χ3v) is 5.30. The third kappa shape index (κ3) is 3.59. The molecule has 0 unspecified atom stereocenters. The Labute approximate surface area is 187 Å². The topological polar surface area (TPSA) is 88.5 Å². The third-order valence-electron chi connectivity index (χ3n) is 5.06. The van der Waals surface area contributed by atoms with Gasteiger partial charge in [-0.1, -0.05) is 41.4 Å². The number of aromatic nitrogens is 3. The number of H-pyrrole nitrogens is 1. The van der Waals surface area contributed by atoms with Gasteiger partial charge in [-0.3, -0.25) is 9.59 Å². The number of benzene rings is 3. The van der Waals surface area contributed by atoms with Crippen molar-refractivity contribution in [3.63, 3.8) is 0 Å². The minimum absolute atomic E-state index is 0.217. The van der Waals surface area contributed by atoms with Gasteiger partial charge in [-0.05, 0) is 49.4 Å². The van der Waals surface area contributed by atoms with Gasteiger partial charge in [-0.25, -0.2) is 4.52 Å². The predicted octanol–water partition coefficient (Wildman–Crippen LogP) is 5.18. The molecular weight excluding hydrogens is 428 g/mol. The maximum absolute atomic E-state index is 13.1. The quantitative estimate of drug-likeness (QED) is 0.399. The van der Waals surface area contributed by atoms with E-state index in [1.165, 1.54) is 10.7 Å². The number of halogens is 1. The van der Waals surface area contributed by atoms with Crippen LogP contribution in [0.5, 0.6) is 11.5 Å². The van der Waals surface area contributed by atoms with Gasteiger partial charge in [0.25, 0.3) is 11.5 Å². The van der Waals surface area contributed by atoms with Gasteiger partial charge in [-0.2, -0.15) is 5.10 Å². The summed E-state index contributed by atoms with van der Waals surface area (Å²) in [6.07, 6.45) is 1.41. The molecular formula is C24H17ClN4O3. The SMILES string of the molecule is Cc1ccc(Oc2ccc(Cl)cc2NC(=O)c2cnn3c2[nH]c(=O)c2ccccc23)cc1. The summed E-state index contributed by atoms with van der Waals surface area (Å²) in [5, 5.41) is 8.04. The number of rotatable bonds is 4. The van der Waals surface area contributed by atoms with Crippen molar-refractivity contribution in [1.29, 1.82) is 0 Å². The number of aryl methyl sites for hydroxylation is 1. The molecule has 3 aromatic carbocycles. The van der Waals surface area contributed by atoms with Gasteiger partial charge in [0.15, 0.2) is 5.75 Å². The Morgan fingerprint density at radius 3 is 2.69 bits per heavy atom. The van der Waals surface area contributed by atoms with Crippen molar-refractivity contribution in [1.82, 2.24) is 14.6 Å². The maximum Gasteiger partial charge on any atom is 0.261 e. The Balaban J connectivity index is 1.51. The van der Waals surface area contributed by atoms with E-state index in [0.29, 0.717) is 38.8 Å². The van der Waals surface area contributed by atoms with Crippen molar-refractivity contribution in [2.24, 2.45) is 0 Å². The first-order chi connectivity index (χ1) is 15.5. The molecule has 0 spiro atoms. The zero-order valence-corrected chi connectivity index (χ0v) is 17.7. The van der Waals surface area contributed by atoms with Gasteiger partial charge >= 0.3 is 0 Å². The van der Waals surface area contributed by atoms with E-state index >= 15 is 0 Å². The van der Waals surface area contributed by atoms with E-state index in [2.05, 4.69) is 15.4 Å². The Morgan fingerprint density at radius 1 is 1.09 bits per heavy atom. The lowest BCUT2D eigenvalue weighted by Gasteiger charge is -2.13. The van der Waals surface area contributed by atoms with Crippen LogP contribution >= 0.6 is 11.6 Å². The highest BCUT2D eigenvalue weighted by Crippen LogP contribution is 2.32. The number of aromatic amines is 1. The summed E-state index contributed by atoms with van der Waals surface area (Å²) in [5.41, 5.74) is 2.33. The van der Waals surface area contributed by atoms with E-state index in [4.69, 9.17) is 16.3 Å². The molecule has 5 aromatic rings. The lowest BCUT2D eigenvalue weighted by molar-refractivity contribution is 0.102. The summed E-state index contributed by atoms with van der Waals surface area (Å²) in [7, 11) is 0. The first kappa shape index (κ1) is 19.8. The van der Waals surface area contributed by atoms with Gasteiger partial charge in [0.1, 0.15) is 17.0 Å². The number of hydrogen-bond acceptors (Lipinski definition) is 4. The van der Waals surface area contributed by atoms with Crippen LogP contribution in [0.3, 0.4) is 0 Å². The van der Waals surface area contributed by atoms with Crippen molar-refractivity contribution in [2.75, 3.05) is 5.32 Å². The first-order valence-corrected chi connectivity index (χ1v) is 10.2. The summed E-state index contributed by atoms with van der Waals surface area (Å²) in [6.45, 7) is 1.99. The number of anilines is 1. The molecule has 8 heteroatoms. The summed E-state index contributed by atoms with van der Waals surface area (Å²) >= 11 is 6.16. The molecule has 0 fully saturated rings. The highest BCUT2D eigenvalue weighted by atomic mass is 35.5. The second kappa shape index (κ2) is 7.86. The highest BCUT2D eigenvalue weighted by Gasteiger charge is 2.18. The highest BCUT2D eigenvalue weighted by molar-refractivity contribution is 6.31. The molecule has 5 rings (SSSR count). The average molecular weight is 445 g/mol. The smallest absolute Gasteiger partial charge is 0.261 e. The van der Waals surface area contributed by atoms with Crippen molar-refractivity contribution in [3.8, 4) is 11.5 Å². The van der Waals surface area contributed by atoms with Crippen LogP contribution in [-0.4, -0.2) is 20.5 Å². The number of nitrogens with zero attached hydrogens (tertiary/aromatic N) is 2. The molecule has 2 heterocycles. The normalized spacial score (nSPS) is 11.1. The fraction of sp³-hybridized carbons (Fsp3) is 0.0417. The van der Waals surface area contributed by atoms with E-state index in [-0.39, 0.29) is 11.1 Å². The molecule has 2 N–H and O–H groups in total. The molecule has 0 atom stereocenters. The van der Waals surface area contributed by atoms with E-state index in [1.54, 1.807) is 36.4 Å². The Hall–Kier alpha value is -4.10. The number of amides is 1. The first-order valence-electron chi connectivity index (χ1n) is 9.84. The number of hydrogen-bond donors (Lipinski definition) is 2. The van der Waals surface area contributed by atoms with Crippen LogP contribution in [0.4, 0.5) is 5.69 Å². The van der Waals surface area contributed by atoms with Crippen LogP contribution in [0.25, 0.3) is 16.6 Å². The summed E-state index contributed by atoms with van der Waals surface area (Å²) in [6, 6.07) is 19.6. The van der Waals surface area contributed by atoms with Crippen molar-refractivity contribution in [3.05, 3.63) is 99.4 Å². The zero-order valence-electron chi connectivity index (χ0n) is 16.9. The summed E-state index contributed by atoms with van der Waals surface area (Å²) in [4.78, 5) is 28.3. The van der Waals surface area contributed by atoms with E-state index in [9.17, 15) is 9.59 Å². The molecule has 0 aliphatic rings. The minimum atomic E-state index is -0.457. The molecule has 0 radical (unpaired) electrons. The van der Waals surface area contributed by atoms with E-state index < -0.39 is 5.91 Å². The summed E-state index contributed by atoms with van der Waals surface area (Å²) in [5.74, 6) is 0.601. The van der Waals surface area contributed by atoms with E-state index in [1.807, 2.05) is 37.3 Å². The van der Waals surface area contributed by atoms with Crippen LogP contribution in [0.2, 0.25) is 5.02 Å². The Morgan fingerprint density at radius 2 is 1.88 bits per heavy atom. The molecule has 7 nitrogen and oxygen atoms in total. The summed E-state index contributed by atoms with van der Waals surface area (Å²) < 4.78 is 7.49. The zero-order chi connectivity index (χ0) is 22.2. The van der Waals surface area contributed by atoms with Crippen LogP contribution in [0.1, 0.15) is 15.9 Å². The standard InChI is InChI=1S/C24H17ClN4O3/c1-14-6-9-16(10-7-14)32-21-11-8-15(25)12-19(21)27-24(31)18-13-26-29-20-5-3-2-4-17(20)23(30)28-22(18)29/h2-13H,1H3,(H,27,31)(H,28,30). The Bertz CT molecular complexity index is 1540. The molecule has 158 valence electrons. The second-order valence-electron chi connectivity index (χ2n) is 7.30. The number of nitrogens with one attached hydrogen (secondary N) is 2.